The second-order valence-corrected chi connectivity index (χ2v) is 7.15. The van der Waals surface area contributed by atoms with Crippen molar-refractivity contribution in [2.45, 2.75) is 26.9 Å². The van der Waals surface area contributed by atoms with Crippen molar-refractivity contribution in [3.63, 3.8) is 0 Å². The van der Waals surface area contributed by atoms with Crippen LogP contribution < -0.4 is 9.80 Å². The van der Waals surface area contributed by atoms with Gasteiger partial charge in [0.15, 0.2) is 5.58 Å². The molecule has 4 heteroatoms. The van der Waals surface area contributed by atoms with E-state index in [1.165, 1.54) is 16.8 Å². The van der Waals surface area contributed by atoms with Gasteiger partial charge in [0.25, 0.3) is 0 Å². The lowest BCUT2D eigenvalue weighted by molar-refractivity contribution is 0.648. The summed E-state index contributed by atoms with van der Waals surface area (Å²) in [5, 5.41) is 2.16. The Labute approximate surface area is 158 Å². The van der Waals surface area contributed by atoms with Crippen molar-refractivity contribution in [1.82, 2.24) is 4.98 Å². The molecule has 0 spiro atoms. The van der Waals surface area contributed by atoms with Crippen molar-refractivity contribution in [3.8, 4) is 0 Å². The van der Waals surface area contributed by atoms with Crippen LogP contribution in [0.25, 0.3) is 22.1 Å². The number of pyridine rings is 1. The number of aryl methyl sites for hydroxylation is 2. The van der Waals surface area contributed by atoms with Gasteiger partial charge in [-0.2, -0.15) is 0 Å². The van der Waals surface area contributed by atoms with E-state index in [-0.39, 0.29) is 6.17 Å². The fourth-order valence-electron chi connectivity index (χ4n) is 3.89. The summed E-state index contributed by atoms with van der Waals surface area (Å²) in [5.74, 6) is 0. The molecule has 3 heterocycles. The SMILES string of the molecule is Cc1ccc(N2C=CN(c3c(C)ccc4c3oc3ncccc34)C2C)cc1. The third-order valence-electron chi connectivity index (χ3n) is 5.38. The first kappa shape index (κ1) is 15.9. The molecule has 4 aromatic rings. The van der Waals surface area contributed by atoms with Crippen molar-refractivity contribution in [1.29, 1.82) is 0 Å². The summed E-state index contributed by atoms with van der Waals surface area (Å²) in [5.41, 5.74) is 6.31. The van der Waals surface area contributed by atoms with E-state index >= 15 is 0 Å². The molecule has 0 amide bonds. The zero-order chi connectivity index (χ0) is 18.5. The number of benzene rings is 2. The van der Waals surface area contributed by atoms with Gasteiger partial charge in [-0.15, -0.1) is 0 Å². The lowest BCUT2D eigenvalue weighted by Gasteiger charge is -2.30. The Balaban J connectivity index is 1.62. The first-order valence-electron chi connectivity index (χ1n) is 9.22. The molecule has 134 valence electrons. The highest BCUT2D eigenvalue weighted by Crippen LogP contribution is 2.39. The van der Waals surface area contributed by atoms with Gasteiger partial charge in [-0.25, -0.2) is 4.98 Å². The Bertz CT molecular complexity index is 1170. The molecule has 1 aliphatic heterocycles. The molecule has 2 aromatic heterocycles. The minimum atomic E-state index is 0.151. The summed E-state index contributed by atoms with van der Waals surface area (Å²) < 4.78 is 6.18. The topological polar surface area (TPSA) is 32.5 Å². The van der Waals surface area contributed by atoms with E-state index in [1.807, 2.05) is 6.07 Å². The largest absolute Gasteiger partial charge is 0.435 e. The molecule has 5 rings (SSSR count). The summed E-state index contributed by atoms with van der Waals surface area (Å²) >= 11 is 0. The maximum Gasteiger partial charge on any atom is 0.227 e. The molecule has 0 radical (unpaired) electrons. The van der Waals surface area contributed by atoms with Gasteiger partial charge >= 0.3 is 0 Å². The fraction of sp³-hybridized carbons (Fsp3) is 0.174. The van der Waals surface area contributed by atoms with Crippen LogP contribution in [-0.4, -0.2) is 11.1 Å². The molecule has 0 N–H and O–H groups in total. The van der Waals surface area contributed by atoms with Crippen LogP contribution in [-0.2, 0) is 0 Å². The molecule has 1 aliphatic rings. The van der Waals surface area contributed by atoms with Crippen LogP contribution in [0.15, 0.2) is 71.5 Å². The Kier molecular flexibility index (Phi) is 3.47. The second kappa shape index (κ2) is 5.88. The molecule has 4 nitrogen and oxygen atoms in total. The van der Waals surface area contributed by atoms with Crippen molar-refractivity contribution in [2.75, 3.05) is 9.80 Å². The van der Waals surface area contributed by atoms with E-state index in [0.29, 0.717) is 5.71 Å². The number of hydrogen-bond donors (Lipinski definition) is 0. The lowest BCUT2D eigenvalue weighted by Crippen LogP contribution is -2.36. The summed E-state index contributed by atoms with van der Waals surface area (Å²) in [6, 6.07) is 16.9. The number of nitrogens with zero attached hydrogens (tertiary/aromatic N) is 3. The number of rotatable bonds is 2. The van der Waals surface area contributed by atoms with Gasteiger partial charge in [-0.3, -0.25) is 0 Å². The molecule has 1 atom stereocenters. The van der Waals surface area contributed by atoms with Crippen LogP contribution in [0.5, 0.6) is 0 Å². The van der Waals surface area contributed by atoms with Crippen molar-refractivity contribution >= 4 is 33.4 Å². The van der Waals surface area contributed by atoms with E-state index < -0.39 is 0 Å². The smallest absolute Gasteiger partial charge is 0.227 e. The standard InChI is InChI=1S/C23H21N3O/c1-15-6-9-18(10-7-15)25-13-14-26(17(25)3)21-16(2)8-11-19-20-5-4-12-24-23(20)27-22(19)21/h4-14,17H,1-3H3. The fourth-order valence-corrected chi connectivity index (χ4v) is 3.89. The lowest BCUT2D eigenvalue weighted by atomic mass is 10.1. The summed E-state index contributed by atoms with van der Waals surface area (Å²) in [6.45, 7) is 6.45. The first-order valence-corrected chi connectivity index (χ1v) is 9.22. The van der Waals surface area contributed by atoms with E-state index in [0.717, 1.165) is 22.0 Å². The molecule has 0 fully saturated rings. The van der Waals surface area contributed by atoms with E-state index in [4.69, 9.17) is 4.42 Å². The molecule has 0 bridgehead atoms. The van der Waals surface area contributed by atoms with Crippen molar-refractivity contribution < 1.29 is 4.42 Å². The third kappa shape index (κ3) is 2.40. The van der Waals surface area contributed by atoms with E-state index in [1.54, 1.807) is 6.20 Å². The summed E-state index contributed by atoms with van der Waals surface area (Å²) in [4.78, 5) is 8.95. The Morgan fingerprint density at radius 1 is 0.889 bits per heavy atom. The molecular formula is C23H21N3O. The van der Waals surface area contributed by atoms with E-state index in [2.05, 4.69) is 90.4 Å². The van der Waals surface area contributed by atoms with Crippen LogP contribution in [0.3, 0.4) is 0 Å². The number of anilines is 2. The maximum absolute atomic E-state index is 6.18. The van der Waals surface area contributed by atoms with Crippen LogP contribution in [0, 0.1) is 13.8 Å². The molecule has 27 heavy (non-hydrogen) atoms. The van der Waals surface area contributed by atoms with Gasteiger partial charge in [0.1, 0.15) is 6.17 Å². The Morgan fingerprint density at radius 3 is 2.48 bits per heavy atom. The summed E-state index contributed by atoms with van der Waals surface area (Å²) in [7, 11) is 0. The second-order valence-electron chi connectivity index (χ2n) is 7.15. The molecular weight excluding hydrogens is 334 g/mol. The number of hydrogen-bond acceptors (Lipinski definition) is 4. The van der Waals surface area contributed by atoms with Crippen molar-refractivity contribution in [2.24, 2.45) is 0 Å². The molecule has 1 unspecified atom stereocenters. The van der Waals surface area contributed by atoms with Gasteiger partial charge in [0.05, 0.1) is 5.69 Å². The number of furan rings is 1. The van der Waals surface area contributed by atoms with Crippen molar-refractivity contribution in [3.05, 3.63) is 78.3 Å². The van der Waals surface area contributed by atoms with Crippen LogP contribution in [0.4, 0.5) is 11.4 Å². The minimum Gasteiger partial charge on any atom is -0.435 e. The summed E-state index contributed by atoms with van der Waals surface area (Å²) in [6.07, 6.45) is 6.19. The average molecular weight is 355 g/mol. The molecule has 0 aliphatic carbocycles. The highest BCUT2D eigenvalue weighted by atomic mass is 16.3. The zero-order valence-corrected chi connectivity index (χ0v) is 15.7. The first-order chi connectivity index (χ1) is 13.1. The van der Waals surface area contributed by atoms with Gasteiger partial charge in [0, 0.05) is 35.1 Å². The maximum atomic E-state index is 6.18. The predicted molar refractivity (Wildman–Crippen MR) is 111 cm³/mol. The normalized spacial score (nSPS) is 16.8. The zero-order valence-electron chi connectivity index (χ0n) is 15.7. The van der Waals surface area contributed by atoms with Crippen LogP contribution in [0.2, 0.25) is 0 Å². The number of fused-ring (bicyclic) bond motifs is 3. The molecule has 2 aromatic carbocycles. The van der Waals surface area contributed by atoms with Crippen LogP contribution >= 0.6 is 0 Å². The quantitative estimate of drug-likeness (QED) is 0.459. The average Bonchev–Trinajstić information content (AvgIpc) is 3.23. The van der Waals surface area contributed by atoms with Gasteiger partial charge in [0.2, 0.25) is 5.71 Å². The Morgan fingerprint density at radius 2 is 1.67 bits per heavy atom. The predicted octanol–water partition coefficient (Wildman–Crippen LogP) is 5.74. The number of aromatic nitrogens is 1. The molecule has 0 saturated heterocycles. The van der Waals surface area contributed by atoms with Gasteiger partial charge in [-0.1, -0.05) is 29.8 Å². The highest BCUT2D eigenvalue weighted by Gasteiger charge is 2.28. The van der Waals surface area contributed by atoms with Gasteiger partial charge in [-0.05, 0) is 50.6 Å². The third-order valence-corrected chi connectivity index (χ3v) is 5.38. The van der Waals surface area contributed by atoms with E-state index in [9.17, 15) is 0 Å². The monoisotopic (exact) mass is 355 g/mol. The van der Waals surface area contributed by atoms with Crippen LogP contribution in [0.1, 0.15) is 18.1 Å². The van der Waals surface area contributed by atoms with Gasteiger partial charge < -0.3 is 14.2 Å². The minimum absolute atomic E-state index is 0.151. The Hall–Kier alpha value is -3.27. The highest BCUT2D eigenvalue weighted by molar-refractivity contribution is 6.08. The molecule has 0 saturated carbocycles.